The van der Waals surface area contributed by atoms with Gasteiger partial charge in [-0.1, -0.05) is 51.5 Å². The van der Waals surface area contributed by atoms with Crippen molar-refractivity contribution in [2.24, 2.45) is 0 Å². The summed E-state index contributed by atoms with van der Waals surface area (Å²) in [6.07, 6.45) is 2.45. The Kier molecular flexibility index (Phi) is 6.27. The summed E-state index contributed by atoms with van der Waals surface area (Å²) < 4.78 is 0. The molecule has 0 aliphatic carbocycles. The third-order valence-electron chi connectivity index (χ3n) is 3.39. The molecule has 1 rings (SSSR count). The van der Waals surface area contributed by atoms with Gasteiger partial charge < -0.3 is 5.11 Å². The van der Waals surface area contributed by atoms with E-state index in [4.69, 9.17) is 0 Å². The minimum absolute atomic E-state index is 0.372. The Labute approximate surface area is 121 Å². The molecule has 1 N–H and O–H groups in total. The monoisotopic (exact) mass is 272 g/mol. The molecule has 0 aromatic heterocycles. The zero-order valence-corrected chi connectivity index (χ0v) is 12.9. The van der Waals surface area contributed by atoms with E-state index < -0.39 is 5.97 Å². The van der Waals surface area contributed by atoms with Crippen molar-refractivity contribution in [3.05, 3.63) is 46.7 Å². The fourth-order valence-electron chi connectivity index (χ4n) is 1.99. The second-order valence-electron chi connectivity index (χ2n) is 5.41. The third kappa shape index (κ3) is 4.71. The van der Waals surface area contributed by atoms with E-state index in [0.29, 0.717) is 17.9 Å². The molecule has 108 valence electrons. The fourth-order valence-corrected chi connectivity index (χ4v) is 1.99. The van der Waals surface area contributed by atoms with Crippen molar-refractivity contribution < 1.29 is 9.90 Å². The van der Waals surface area contributed by atoms with E-state index in [2.05, 4.69) is 38.6 Å². The molecule has 0 saturated carbocycles. The van der Waals surface area contributed by atoms with Crippen LogP contribution in [0.1, 0.15) is 64.0 Å². The lowest BCUT2D eigenvalue weighted by atomic mass is 9.99. The molecule has 0 aliphatic rings. The number of hydrogen-bond donors (Lipinski definition) is 1. The molecule has 0 bridgehead atoms. The Morgan fingerprint density at radius 2 is 1.85 bits per heavy atom. The highest BCUT2D eigenvalue weighted by molar-refractivity contribution is 5.87. The van der Waals surface area contributed by atoms with Gasteiger partial charge in [0, 0.05) is 0 Å². The maximum atomic E-state index is 11.2. The SMILES string of the molecule is CCCCC(=C=C(C)c1ccc(C(C)C)cc1)C(=O)O. The van der Waals surface area contributed by atoms with E-state index in [1.165, 1.54) is 5.56 Å². The van der Waals surface area contributed by atoms with Gasteiger partial charge in [0.25, 0.3) is 0 Å². The van der Waals surface area contributed by atoms with Gasteiger partial charge in [-0.2, -0.15) is 0 Å². The van der Waals surface area contributed by atoms with Crippen LogP contribution >= 0.6 is 0 Å². The topological polar surface area (TPSA) is 37.3 Å². The maximum Gasteiger partial charge on any atom is 0.339 e. The van der Waals surface area contributed by atoms with Gasteiger partial charge in [0.15, 0.2) is 0 Å². The van der Waals surface area contributed by atoms with E-state index in [1.807, 2.05) is 19.1 Å². The number of rotatable bonds is 6. The van der Waals surface area contributed by atoms with Gasteiger partial charge in [-0.15, -0.1) is 5.73 Å². The number of carboxylic acid groups (broad SMARTS) is 1. The fraction of sp³-hybridized carbons (Fsp3) is 0.444. The number of carbonyl (C=O) groups is 1. The van der Waals surface area contributed by atoms with Crippen LogP contribution < -0.4 is 0 Å². The standard InChI is InChI=1S/C18H24O2/c1-5-6-7-17(18(19)20)12-14(4)16-10-8-15(9-11-16)13(2)3/h8-11,13H,5-7H2,1-4H3,(H,19,20). The predicted octanol–water partition coefficient (Wildman–Crippen LogP) is 5.01. The van der Waals surface area contributed by atoms with Crippen LogP contribution in [0, 0.1) is 0 Å². The Morgan fingerprint density at radius 3 is 2.30 bits per heavy atom. The van der Waals surface area contributed by atoms with Gasteiger partial charge in [0.05, 0.1) is 5.57 Å². The summed E-state index contributed by atoms with van der Waals surface area (Å²) in [5.74, 6) is -0.361. The predicted molar refractivity (Wildman–Crippen MR) is 83.8 cm³/mol. The van der Waals surface area contributed by atoms with Gasteiger partial charge in [0.1, 0.15) is 0 Å². The molecule has 0 atom stereocenters. The molecule has 2 heteroatoms. The molecule has 0 fully saturated rings. The van der Waals surface area contributed by atoms with Crippen molar-refractivity contribution in [3.8, 4) is 0 Å². The van der Waals surface area contributed by atoms with Crippen LogP contribution in [0.3, 0.4) is 0 Å². The van der Waals surface area contributed by atoms with Crippen LogP contribution in [-0.4, -0.2) is 11.1 Å². The quantitative estimate of drug-likeness (QED) is 0.583. The first-order valence-electron chi connectivity index (χ1n) is 7.25. The third-order valence-corrected chi connectivity index (χ3v) is 3.39. The molecule has 20 heavy (non-hydrogen) atoms. The van der Waals surface area contributed by atoms with Crippen LogP contribution in [0.2, 0.25) is 0 Å². The first kappa shape index (κ1) is 16.3. The minimum atomic E-state index is -0.864. The Bertz CT molecular complexity index is 515. The molecule has 0 saturated heterocycles. The van der Waals surface area contributed by atoms with Crippen molar-refractivity contribution in [3.63, 3.8) is 0 Å². The van der Waals surface area contributed by atoms with Gasteiger partial charge >= 0.3 is 5.97 Å². The van der Waals surface area contributed by atoms with Gasteiger partial charge in [-0.25, -0.2) is 4.79 Å². The first-order chi connectivity index (χ1) is 9.45. The van der Waals surface area contributed by atoms with E-state index in [-0.39, 0.29) is 0 Å². The van der Waals surface area contributed by atoms with E-state index >= 15 is 0 Å². The molecule has 0 aliphatic heterocycles. The zero-order valence-electron chi connectivity index (χ0n) is 12.9. The second kappa shape index (κ2) is 7.72. The van der Waals surface area contributed by atoms with Gasteiger partial charge in [0.2, 0.25) is 0 Å². The molecular formula is C18H24O2. The lowest BCUT2D eigenvalue weighted by Crippen LogP contribution is -1.99. The van der Waals surface area contributed by atoms with E-state index in [9.17, 15) is 9.90 Å². The average molecular weight is 272 g/mol. The Hall–Kier alpha value is -1.79. The van der Waals surface area contributed by atoms with Crippen LogP contribution in [-0.2, 0) is 4.79 Å². The van der Waals surface area contributed by atoms with Gasteiger partial charge in [-0.3, -0.25) is 0 Å². The van der Waals surface area contributed by atoms with Crippen molar-refractivity contribution in [2.75, 3.05) is 0 Å². The lowest BCUT2D eigenvalue weighted by molar-refractivity contribution is -0.132. The first-order valence-corrected chi connectivity index (χ1v) is 7.25. The molecular weight excluding hydrogens is 248 g/mol. The van der Waals surface area contributed by atoms with Crippen LogP contribution in [0.25, 0.3) is 5.57 Å². The number of aliphatic carboxylic acids is 1. The molecule has 2 nitrogen and oxygen atoms in total. The second-order valence-corrected chi connectivity index (χ2v) is 5.41. The summed E-state index contributed by atoms with van der Waals surface area (Å²) in [6, 6.07) is 8.27. The summed E-state index contributed by atoms with van der Waals surface area (Å²) in [4.78, 5) is 11.2. The Morgan fingerprint density at radius 1 is 1.25 bits per heavy atom. The summed E-state index contributed by atoms with van der Waals surface area (Å²) in [7, 11) is 0. The molecule has 0 radical (unpaired) electrons. The highest BCUT2D eigenvalue weighted by Gasteiger charge is 2.06. The summed E-state index contributed by atoms with van der Waals surface area (Å²) in [6.45, 7) is 8.29. The van der Waals surface area contributed by atoms with Crippen LogP contribution in [0.5, 0.6) is 0 Å². The van der Waals surface area contributed by atoms with Crippen molar-refractivity contribution >= 4 is 11.5 Å². The van der Waals surface area contributed by atoms with Crippen molar-refractivity contribution in [2.45, 2.75) is 52.9 Å². The van der Waals surface area contributed by atoms with Crippen molar-refractivity contribution in [1.82, 2.24) is 0 Å². The number of benzene rings is 1. The van der Waals surface area contributed by atoms with Crippen LogP contribution in [0.15, 0.2) is 35.6 Å². The average Bonchev–Trinajstić information content (AvgIpc) is 2.42. The lowest BCUT2D eigenvalue weighted by Gasteiger charge is -2.06. The van der Waals surface area contributed by atoms with Crippen molar-refractivity contribution in [1.29, 1.82) is 0 Å². The number of unbranched alkanes of at least 4 members (excludes halogenated alkanes) is 1. The smallest absolute Gasteiger partial charge is 0.339 e. The van der Waals surface area contributed by atoms with E-state index in [1.54, 1.807) is 0 Å². The molecule has 0 spiro atoms. The minimum Gasteiger partial charge on any atom is -0.477 e. The molecule has 0 heterocycles. The summed E-state index contributed by atoms with van der Waals surface area (Å²) in [5, 5.41) is 9.20. The van der Waals surface area contributed by atoms with Gasteiger partial charge in [-0.05, 0) is 42.4 Å². The molecule has 1 aromatic rings. The normalized spacial score (nSPS) is 10.2. The highest BCUT2D eigenvalue weighted by Crippen LogP contribution is 2.19. The molecule has 1 aromatic carbocycles. The number of carboxylic acids is 1. The Balaban J connectivity index is 3.08. The van der Waals surface area contributed by atoms with Crippen LogP contribution in [0.4, 0.5) is 0 Å². The van der Waals surface area contributed by atoms with E-state index in [0.717, 1.165) is 24.0 Å². The number of hydrogen-bond acceptors (Lipinski definition) is 1. The maximum absolute atomic E-state index is 11.2. The highest BCUT2D eigenvalue weighted by atomic mass is 16.4. The molecule has 0 amide bonds. The summed E-state index contributed by atoms with van der Waals surface area (Å²) in [5.41, 5.74) is 6.62. The summed E-state index contributed by atoms with van der Waals surface area (Å²) >= 11 is 0. The molecule has 0 unspecified atom stereocenters. The largest absolute Gasteiger partial charge is 0.477 e. The zero-order chi connectivity index (χ0) is 15.1.